The van der Waals surface area contributed by atoms with E-state index in [1.54, 1.807) is 0 Å². The van der Waals surface area contributed by atoms with Gasteiger partial charge in [-0.25, -0.2) is 4.79 Å². The number of amides is 3. The molecule has 3 rings (SSSR count). The zero-order chi connectivity index (χ0) is 15.5. The number of hydrogen-bond donors (Lipinski definition) is 1. The van der Waals surface area contributed by atoms with Gasteiger partial charge in [-0.3, -0.25) is 14.6 Å². The van der Waals surface area contributed by atoms with E-state index in [4.69, 9.17) is 0 Å². The lowest BCUT2D eigenvalue weighted by Crippen LogP contribution is -2.34. The van der Waals surface area contributed by atoms with E-state index in [0.717, 1.165) is 16.0 Å². The van der Waals surface area contributed by atoms with Gasteiger partial charge >= 0.3 is 6.03 Å². The van der Waals surface area contributed by atoms with Crippen LogP contribution in [0.2, 0.25) is 0 Å². The van der Waals surface area contributed by atoms with Crippen molar-refractivity contribution in [2.45, 2.75) is 19.3 Å². The molecule has 1 fully saturated rings. The molecule has 1 saturated heterocycles. The Morgan fingerprint density at radius 3 is 1.86 bits per heavy atom. The number of carbonyl (C=O) groups excluding carboxylic acids is 2. The Morgan fingerprint density at radius 1 is 0.818 bits per heavy atom. The van der Waals surface area contributed by atoms with Crippen LogP contribution in [0.5, 0.6) is 0 Å². The van der Waals surface area contributed by atoms with E-state index < -0.39 is 18.2 Å². The van der Waals surface area contributed by atoms with Crippen LogP contribution in [0.15, 0.2) is 60.7 Å². The van der Waals surface area contributed by atoms with Crippen molar-refractivity contribution in [1.29, 1.82) is 0 Å². The Balaban J connectivity index is 1.77. The molecule has 1 unspecified atom stereocenters. The molecule has 5 nitrogen and oxygen atoms in total. The second kappa shape index (κ2) is 5.99. The molecule has 0 aliphatic carbocycles. The van der Waals surface area contributed by atoms with Gasteiger partial charge in [0.1, 0.15) is 0 Å². The van der Waals surface area contributed by atoms with Crippen molar-refractivity contribution < 1.29 is 14.7 Å². The third-order valence-corrected chi connectivity index (χ3v) is 3.64. The van der Waals surface area contributed by atoms with E-state index in [9.17, 15) is 14.7 Å². The molecule has 1 heterocycles. The minimum atomic E-state index is -1.42. The second-order valence-corrected chi connectivity index (χ2v) is 5.18. The molecule has 1 atom stereocenters. The highest BCUT2D eigenvalue weighted by Gasteiger charge is 2.43. The largest absolute Gasteiger partial charge is 0.365 e. The first-order chi connectivity index (χ1) is 10.7. The van der Waals surface area contributed by atoms with Crippen molar-refractivity contribution in [3.63, 3.8) is 0 Å². The summed E-state index contributed by atoms with van der Waals surface area (Å²) in [5.41, 5.74) is 1.71. The van der Waals surface area contributed by atoms with E-state index in [1.807, 2.05) is 60.7 Å². The fourth-order valence-corrected chi connectivity index (χ4v) is 2.47. The average Bonchev–Trinajstić information content (AvgIpc) is 2.75. The van der Waals surface area contributed by atoms with Gasteiger partial charge in [0.05, 0.1) is 13.1 Å². The second-order valence-electron chi connectivity index (χ2n) is 5.18. The van der Waals surface area contributed by atoms with Crippen molar-refractivity contribution in [1.82, 2.24) is 9.80 Å². The number of imide groups is 1. The Morgan fingerprint density at radius 2 is 1.32 bits per heavy atom. The first-order valence-corrected chi connectivity index (χ1v) is 7.05. The van der Waals surface area contributed by atoms with Gasteiger partial charge in [-0.15, -0.1) is 0 Å². The Kier molecular flexibility index (Phi) is 3.89. The van der Waals surface area contributed by atoms with Gasteiger partial charge < -0.3 is 5.11 Å². The molecule has 112 valence electrons. The zero-order valence-electron chi connectivity index (χ0n) is 11.9. The zero-order valence-corrected chi connectivity index (χ0v) is 11.9. The van der Waals surface area contributed by atoms with Crippen molar-refractivity contribution in [3.8, 4) is 0 Å². The number of nitrogens with zero attached hydrogens (tertiary/aromatic N) is 2. The molecule has 22 heavy (non-hydrogen) atoms. The van der Waals surface area contributed by atoms with E-state index in [-0.39, 0.29) is 13.1 Å². The molecule has 5 heteroatoms. The summed E-state index contributed by atoms with van der Waals surface area (Å²) in [5, 5.41) is 10.1. The van der Waals surface area contributed by atoms with Crippen LogP contribution in [0, 0.1) is 0 Å². The van der Waals surface area contributed by atoms with Gasteiger partial charge in [-0.05, 0) is 11.1 Å². The molecular formula is C17H16N2O3. The molecule has 2 aromatic rings. The standard InChI is InChI=1S/C17H16N2O3/c20-15-16(21)19(12-14-9-5-2-6-10-14)17(22)18(15)11-13-7-3-1-4-8-13/h1-10,15,20H,11-12H2. The highest BCUT2D eigenvalue weighted by atomic mass is 16.3. The van der Waals surface area contributed by atoms with E-state index in [1.165, 1.54) is 4.90 Å². The fourth-order valence-electron chi connectivity index (χ4n) is 2.47. The lowest BCUT2D eigenvalue weighted by atomic mass is 10.2. The lowest BCUT2D eigenvalue weighted by molar-refractivity contribution is -0.137. The summed E-state index contributed by atoms with van der Waals surface area (Å²) in [6.45, 7) is 0.374. The number of rotatable bonds is 4. The molecule has 0 saturated carbocycles. The van der Waals surface area contributed by atoms with Gasteiger partial charge in [-0.1, -0.05) is 60.7 Å². The normalized spacial score (nSPS) is 18.1. The van der Waals surface area contributed by atoms with Gasteiger partial charge in [0.15, 0.2) is 0 Å². The third-order valence-electron chi connectivity index (χ3n) is 3.64. The quantitative estimate of drug-likeness (QED) is 0.878. The lowest BCUT2D eigenvalue weighted by Gasteiger charge is -2.18. The van der Waals surface area contributed by atoms with E-state index in [0.29, 0.717) is 0 Å². The average molecular weight is 296 g/mol. The van der Waals surface area contributed by atoms with Crippen LogP contribution >= 0.6 is 0 Å². The Hall–Kier alpha value is -2.66. The van der Waals surface area contributed by atoms with Crippen LogP contribution in [-0.4, -0.2) is 33.1 Å². The van der Waals surface area contributed by atoms with Crippen LogP contribution < -0.4 is 0 Å². The highest BCUT2D eigenvalue weighted by molar-refractivity contribution is 6.03. The highest BCUT2D eigenvalue weighted by Crippen LogP contribution is 2.21. The Labute approximate surface area is 128 Å². The SMILES string of the molecule is O=C1C(O)N(Cc2ccccc2)C(=O)N1Cc1ccccc1. The molecule has 1 aliphatic heterocycles. The minimum absolute atomic E-state index is 0.168. The smallest absolute Gasteiger partial charge is 0.329 e. The van der Waals surface area contributed by atoms with Crippen molar-refractivity contribution in [3.05, 3.63) is 71.8 Å². The van der Waals surface area contributed by atoms with Crippen LogP contribution in [0.25, 0.3) is 0 Å². The Bertz CT molecular complexity index is 673. The number of aliphatic hydroxyl groups excluding tert-OH is 1. The van der Waals surface area contributed by atoms with Gasteiger partial charge in [-0.2, -0.15) is 0 Å². The third kappa shape index (κ3) is 2.71. The topological polar surface area (TPSA) is 60.9 Å². The number of benzene rings is 2. The molecule has 3 amide bonds. The summed E-state index contributed by atoms with van der Waals surface area (Å²) in [6.07, 6.45) is -1.42. The predicted octanol–water partition coefficient (Wildman–Crippen LogP) is 1.97. The summed E-state index contributed by atoms with van der Waals surface area (Å²) >= 11 is 0. The number of urea groups is 1. The summed E-state index contributed by atoms with van der Waals surface area (Å²) in [7, 11) is 0. The molecule has 0 radical (unpaired) electrons. The van der Waals surface area contributed by atoms with Crippen LogP contribution in [0.1, 0.15) is 11.1 Å². The fraction of sp³-hybridized carbons (Fsp3) is 0.176. The number of aliphatic hydroxyl groups is 1. The first-order valence-electron chi connectivity index (χ1n) is 7.05. The molecule has 0 aromatic heterocycles. The maximum absolute atomic E-state index is 12.4. The number of hydrogen-bond acceptors (Lipinski definition) is 3. The summed E-state index contributed by atoms with van der Waals surface area (Å²) in [6, 6.07) is 18.1. The van der Waals surface area contributed by atoms with Crippen molar-refractivity contribution >= 4 is 11.9 Å². The van der Waals surface area contributed by atoms with Crippen LogP contribution in [-0.2, 0) is 17.9 Å². The van der Waals surface area contributed by atoms with Gasteiger partial charge in [0, 0.05) is 0 Å². The maximum atomic E-state index is 12.4. The molecule has 2 aromatic carbocycles. The van der Waals surface area contributed by atoms with Gasteiger partial charge in [0.25, 0.3) is 5.91 Å². The predicted molar refractivity (Wildman–Crippen MR) is 80.4 cm³/mol. The minimum Gasteiger partial charge on any atom is -0.365 e. The maximum Gasteiger partial charge on any atom is 0.329 e. The summed E-state index contributed by atoms with van der Waals surface area (Å²) in [5.74, 6) is -0.579. The molecule has 0 bridgehead atoms. The first kappa shape index (κ1) is 14.3. The van der Waals surface area contributed by atoms with Crippen molar-refractivity contribution in [2.24, 2.45) is 0 Å². The molecular weight excluding hydrogens is 280 g/mol. The summed E-state index contributed by atoms with van der Waals surface area (Å²) < 4.78 is 0. The molecule has 1 N–H and O–H groups in total. The summed E-state index contributed by atoms with van der Waals surface area (Å²) in [4.78, 5) is 26.8. The molecule has 1 aliphatic rings. The number of carbonyl (C=O) groups is 2. The van der Waals surface area contributed by atoms with Crippen LogP contribution in [0.4, 0.5) is 4.79 Å². The van der Waals surface area contributed by atoms with Crippen LogP contribution in [0.3, 0.4) is 0 Å². The van der Waals surface area contributed by atoms with Crippen molar-refractivity contribution in [2.75, 3.05) is 0 Å². The van der Waals surface area contributed by atoms with Gasteiger partial charge in [0.2, 0.25) is 6.23 Å². The monoisotopic (exact) mass is 296 g/mol. The van der Waals surface area contributed by atoms with E-state index in [2.05, 4.69) is 0 Å². The molecule has 0 spiro atoms. The van der Waals surface area contributed by atoms with E-state index >= 15 is 0 Å².